The van der Waals surface area contributed by atoms with E-state index in [1.54, 1.807) is 13.4 Å². The Balaban J connectivity index is 1.50. The maximum atomic E-state index is 12.0. The molecule has 5 nitrogen and oxygen atoms in total. The Labute approximate surface area is 141 Å². The van der Waals surface area contributed by atoms with Gasteiger partial charge in [0.2, 0.25) is 5.91 Å². The predicted molar refractivity (Wildman–Crippen MR) is 93.9 cm³/mol. The van der Waals surface area contributed by atoms with E-state index in [4.69, 9.17) is 4.74 Å². The minimum Gasteiger partial charge on any atom is -0.497 e. The second-order valence-corrected chi connectivity index (χ2v) is 5.80. The Morgan fingerprint density at radius 3 is 2.67 bits per heavy atom. The van der Waals surface area contributed by atoms with E-state index in [-0.39, 0.29) is 5.91 Å². The van der Waals surface area contributed by atoms with Gasteiger partial charge in [0.05, 0.1) is 24.5 Å². The van der Waals surface area contributed by atoms with Crippen LogP contribution in [-0.2, 0) is 24.8 Å². The molecule has 1 aromatic heterocycles. The number of methoxy groups -OCH3 is 1. The largest absolute Gasteiger partial charge is 0.497 e. The van der Waals surface area contributed by atoms with Crippen molar-refractivity contribution in [2.24, 2.45) is 7.05 Å². The summed E-state index contributed by atoms with van der Waals surface area (Å²) in [6.07, 6.45) is 2.98. The molecule has 0 unspecified atom stereocenters. The summed E-state index contributed by atoms with van der Waals surface area (Å²) in [6, 6.07) is 13.9. The van der Waals surface area contributed by atoms with Crippen molar-refractivity contribution >= 4 is 16.9 Å². The molecule has 2 aromatic carbocycles. The van der Waals surface area contributed by atoms with Gasteiger partial charge in [-0.2, -0.15) is 0 Å². The molecular formula is C19H21N3O2. The van der Waals surface area contributed by atoms with Crippen LogP contribution in [0.3, 0.4) is 0 Å². The fourth-order valence-corrected chi connectivity index (χ4v) is 2.63. The number of ether oxygens (including phenoxy) is 1. The lowest BCUT2D eigenvalue weighted by Gasteiger charge is -2.06. The van der Waals surface area contributed by atoms with Crippen molar-refractivity contribution in [2.75, 3.05) is 7.11 Å². The average molecular weight is 323 g/mol. The van der Waals surface area contributed by atoms with Gasteiger partial charge in [0, 0.05) is 20.0 Å². The normalized spacial score (nSPS) is 10.8. The summed E-state index contributed by atoms with van der Waals surface area (Å²) < 4.78 is 7.11. The lowest BCUT2D eigenvalue weighted by Crippen LogP contribution is -2.22. The molecule has 0 saturated carbocycles. The van der Waals surface area contributed by atoms with Crippen molar-refractivity contribution in [1.82, 2.24) is 14.9 Å². The molecule has 0 bridgehead atoms. The van der Waals surface area contributed by atoms with Gasteiger partial charge in [-0.05, 0) is 41.8 Å². The van der Waals surface area contributed by atoms with E-state index in [0.717, 1.165) is 34.3 Å². The van der Waals surface area contributed by atoms with Gasteiger partial charge < -0.3 is 14.6 Å². The number of aryl methyl sites for hydroxylation is 2. The summed E-state index contributed by atoms with van der Waals surface area (Å²) in [5.74, 6) is 0.875. The molecule has 5 heteroatoms. The van der Waals surface area contributed by atoms with E-state index >= 15 is 0 Å². The number of nitrogens with zero attached hydrogens (tertiary/aromatic N) is 2. The molecule has 1 heterocycles. The molecule has 0 atom stereocenters. The molecule has 0 spiro atoms. The van der Waals surface area contributed by atoms with Gasteiger partial charge in [-0.15, -0.1) is 0 Å². The van der Waals surface area contributed by atoms with E-state index in [0.29, 0.717) is 13.0 Å². The number of carbonyl (C=O) groups excluding carboxylic acids is 1. The fourth-order valence-electron chi connectivity index (χ4n) is 2.63. The summed E-state index contributed by atoms with van der Waals surface area (Å²) >= 11 is 0. The van der Waals surface area contributed by atoms with E-state index in [2.05, 4.69) is 10.3 Å². The van der Waals surface area contributed by atoms with Gasteiger partial charge in [-0.3, -0.25) is 4.79 Å². The van der Waals surface area contributed by atoms with Crippen molar-refractivity contribution in [3.63, 3.8) is 0 Å². The molecule has 0 aliphatic carbocycles. The standard InChI is InChI=1S/C19H21N3O2/c1-22-13-21-17-11-15(5-9-18(17)22)12-20-19(23)10-6-14-3-7-16(24-2)8-4-14/h3-5,7-9,11,13H,6,10,12H2,1-2H3,(H,20,23). The highest BCUT2D eigenvalue weighted by Crippen LogP contribution is 2.14. The van der Waals surface area contributed by atoms with Crippen molar-refractivity contribution in [1.29, 1.82) is 0 Å². The Bertz CT molecular complexity index is 837. The molecule has 1 N–H and O–H groups in total. The Kier molecular flexibility index (Phi) is 4.79. The van der Waals surface area contributed by atoms with Crippen LogP contribution in [0.1, 0.15) is 17.5 Å². The van der Waals surface area contributed by atoms with Crippen LogP contribution in [0.5, 0.6) is 5.75 Å². The van der Waals surface area contributed by atoms with Gasteiger partial charge >= 0.3 is 0 Å². The first-order valence-corrected chi connectivity index (χ1v) is 7.95. The highest BCUT2D eigenvalue weighted by molar-refractivity contribution is 5.77. The maximum absolute atomic E-state index is 12.0. The summed E-state index contributed by atoms with van der Waals surface area (Å²) in [7, 11) is 3.61. The number of aromatic nitrogens is 2. The zero-order chi connectivity index (χ0) is 16.9. The third-order valence-electron chi connectivity index (χ3n) is 4.08. The van der Waals surface area contributed by atoms with Crippen molar-refractivity contribution in [2.45, 2.75) is 19.4 Å². The van der Waals surface area contributed by atoms with Gasteiger partial charge in [0.1, 0.15) is 5.75 Å². The number of imidazole rings is 1. The van der Waals surface area contributed by atoms with E-state index < -0.39 is 0 Å². The van der Waals surface area contributed by atoms with Crippen LogP contribution in [-0.4, -0.2) is 22.6 Å². The number of rotatable bonds is 6. The summed E-state index contributed by atoms with van der Waals surface area (Å²) in [6.45, 7) is 0.522. The number of hydrogen-bond acceptors (Lipinski definition) is 3. The van der Waals surface area contributed by atoms with E-state index in [1.165, 1.54) is 0 Å². The molecule has 0 aliphatic heterocycles. The summed E-state index contributed by atoms with van der Waals surface area (Å²) in [5, 5.41) is 2.97. The lowest BCUT2D eigenvalue weighted by molar-refractivity contribution is -0.121. The molecule has 0 fully saturated rings. The molecular weight excluding hydrogens is 302 g/mol. The Morgan fingerprint density at radius 2 is 1.92 bits per heavy atom. The van der Waals surface area contributed by atoms with E-state index in [9.17, 15) is 4.79 Å². The lowest BCUT2D eigenvalue weighted by atomic mass is 10.1. The van der Waals surface area contributed by atoms with Crippen LogP contribution in [0.4, 0.5) is 0 Å². The molecule has 124 valence electrons. The highest BCUT2D eigenvalue weighted by atomic mass is 16.5. The smallest absolute Gasteiger partial charge is 0.220 e. The van der Waals surface area contributed by atoms with Crippen LogP contribution in [0, 0.1) is 0 Å². The van der Waals surface area contributed by atoms with Gasteiger partial charge in [-0.1, -0.05) is 18.2 Å². The van der Waals surface area contributed by atoms with Crippen molar-refractivity contribution in [3.8, 4) is 5.75 Å². The SMILES string of the molecule is COc1ccc(CCC(=O)NCc2ccc3c(c2)ncn3C)cc1. The highest BCUT2D eigenvalue weighted by Gasteiger charge is 2.05. The number of benzene rings is 2. The quantitative estimate of drug-likeness (QED) is 0.759. The minimum atomic E-state index is 0.0481. The van der Waals surface area contributed by atoms with Gasteiger partial charge in [-0.25, -0.2) is 4.98 Å². The fraction of sp³-hybridized carbons (Fsp3) is 0.263. The Hall–Kier alpha value is -2.82. The average Bonchev–Trinajstić information content (AvgIpc) is 2.99. The summed E-state index contributed by atoms with van der Waals surface area (Å²) in [5.41, 5.74) is 4.21. The Morgan fingerprint density at radius 1 is 1.17 bits per heavy atom. The van der Waals surface area contributed by atoms with Crippen LogP contribution >= 0.6 is 0 Å². The maximum Gasteiger partial charge on any atom is 0.220 e. The summed E-state index contributed by atoms with van der Waals surface area (Å²) in [4.78, 5) is 16.4. The third-order valence-corrected chi connectivity index (χ3v) is 4.08. The van der Waals surface area contributed by atoms with Gasteiger partial charge in [0.25, 0.3) is 0 Å². The number of carbonyl (C=O) groups is 1. The number of amides is 1. The first-order valence-electron chi connectivity index (χ1n) is 7.95. The van der Waals surface area contributed by atoms with E-state index in [1.807, 2.05) is 54.1 Å². The predicted octanol–water partition coefficient (Wildman–Crippen LogP) is 2.83. The van der Waals surface area contributed by atoms with Crippen LogP contribution in [0.15, 0.2) is 48.8 Å². The van der Waals surface area contributed by atoms with Crippen LogP contribution < -0.4 is 10.1 Å². The number of fused-ring (bicyclic) bond motifs is 1. The molecule has 0 radical (unpaired) electrons. The zero-order valence-electron chi connectivity index (χ0n) is 14.0. The van der Waals surface area contributed by atoms with Crippen molar-refractivity contribution in [3.05, 3.63) is 59.9 Å². The topological polar surface area (TPSA) is 56.1 Å². The second kappa shape index (κ2) is 7.17. The number of nitrogens with one attached hydrogen (secondary N) is 1. The molecule has 24 heavy (non-hydrogen) atoms. The minimum absolute atomic E-state index is 0.0481. The van der Waals surface area contributed by atoms with Gasteiger partial charge in [0.15, 0.2) is 0 Å². The molecule has 0 saturated heterocycles. The molecule has 0 aliphatic rings. The number of hydrogen-bond donors (Lipinski definition) is 1. The molecule has 3 rings (SSSR count). The third kappa shape index (κ3) is 3.74. The monoisotopic (exact) mass is 323 g/mol. The first kappa shape index (κ1) is 16.1. The van der Waals surface area contributed by atoms with Crippen molar-refractivity contribution < 1.29 is 9.53 Å². The molecule has 1 amide bonds. The van der Waals surface area contributed by atoms with Crippen LogP contribution in [0.25, 0.3) is 11.0 Å². The zero-order valence-corrected chi connectivity index (χ0v) is 14.0. The second-order valence-electron chi connectivity index (χ2n) is 5.80. The first-order chi connectivity index (χ1) is 11.7. The molecule has 3 aromatic rings. The van der Waals surface area contributed by atoms with Crippen LogP contribution in [0.2, 0.25) is 0 Å².